The highest BCUT2D eigenvalue weighted by atomic mass is 31.2. The molecule has 0 aromatic rings. The number of carbonyl (C=O) groups is 2. The Morgan fingerprint density at radius 3 is 1.07 bits per heavy atom. The Bertz CT molecular complexity index is 990. The van der Waals surface area contributed by atoms with E-state index in [9.17, 15) is 19.0 Å². The van der Waals surface area contributed by atoms with Gasteiger partial charge in [-0.15, -0.1) is 0 Å². The first kappa shape index (κ1) is 59.0. The molecular weight excluding hydrogens is 774 g/mol. The van der Waals surface area contributed by atoms with Crippen molar-refractivity contribution in [2.24, 2.45) is 0 Å². The summed E-state index contributed by atoms with van der Waals surface area (Å²) in [6, 6.07) is 0. The number of carbonyl (C=O) groups excluding carboxylic acids is 2. The number of rotatable bonds is 48. The number of ether oxygens (including phenoxy) is 2. The van der Waals surface area contributed by atoms with Gasteiger partial charge in [0.2, 0.25) is 0 Å². The molecule has 2 unspecified atom stereocenters. The van der Waals surface area contributed by atoms with Crippen molar-refractivity contribution in [3.63, 3.8) is 0 Å². The fourth-order valence-electron chi connectivity index (χ4n) is 7.61. The highest BCUT2D eigenvalue weighted by Crippen LogP contribution is 2.43. The van der Waals surface area contributed by atoms with E-state index in [1.54, 1.807) is 0 Å². The lowest BCUT2D eigenvalue weighted by Crippen LogP contribution is -2.37. The second-order valence-corrected chi connectivity index (χ2v) is 20.4. The van der Waals surface area contributed by atoms with Crippen LogP contribution in [0.3, 0.4) is 0 Å². The van der Waals surface area contributed by atoms with Crippen molar-refractivity contribution in [1.29, 1.82) is 0 Å². The zero-order valence-corrected chi connectivity index (χ0v) is 41.4. The largest absolute Gasteiger partial charge is 0.472 e. The van der Waals surface area contributed by atoms with Crippen molar-refractivity contribution < 1.29 is 42.1 Å². The smallest absolute Gasteiger partial charge is 0.462 e. The van der Waals surface area contributed by atoms with Gasteiger partial charge in [0.25, 0.3) is 0 Å². The molecule has 0 saturated carbocycles. The molecule has 0 saturated heterocycles. The van der Waals surface area contributed by atoms with E-state index >= 15 is 0 Å². The molecule has 0 bridgehead atoms. The van der Waals surface area contributed by atoms with E-state index < -0.39 is 26.5 Å². The van der Waals surface area contributed by atoms with Gasteiger partial charge < -0.3 is 18.9 Å². The van der Waals surface area contributed by atoms with Gasteiger partial charge in [-0.25, -0.2) is 4.57 Å². The molecule has 60 heavy (non-hydrogen) atoms. The first-order chi connectivity index (χ1) is 29.0. The number of phosphoric ester groups is 1. The van der Waals surface area contributed by atoms with E-state index in [2.05, 4.69) is 13.8 Å². The molecule has 0 amide bonds. The van der Waals surface area contributed by atoms with Crippen LogP contribution >= 0.6 is 7.82 Å². The Morgan fingerprint density at radius 2 is 0.750 bits per heavy atom. The fourth-order valence-corrected chi connectivity index (χ4v) is 8.35. The molecule has 0 aromatic heterocycles. The topological polar surface area (TPSA) is 108 Å². The standard InChI is InChI=1S/C50H100NO8P/c1-6-8-10-12-14-16-18-20-22-23-24-25-26-27-28-29-31-32-34-36-38-40-42-49(52)56-46-48(47-58-60(54,55)57-45-44-51(3,4)5)59-50(53)43-41-39-37-35-33-30-21-19-17-15-13-11-9-7-2/h48H,6-47H2,1-5H3/p+1. The molecule has 9 nitrogen and oxygen atoms in total. The van der Waals surface area contributed by atoms with Gasteiger partial charge in [0.05, 0.1) is 27.7 Å². The lowest BCUT2D eigenvalue weighted by Gasteiger charge is -2.24. The van der Waals surface area contributed by atoms with Crippen molar-refractivity contribution in [3.05, 3.63) is 0 Å². The molecule has 0 aliphatic carbocycles. The van der Waals surface area contributed by atoms with Crippen LogP contribution in [-0.2, 0) is 32.7 Å². The molecule has 358 valence electrons. The number of phosphoric acid groups is 1. The third-order valence-corrected chi connectivity index (χ3v) is 12.6. The van der Waals surface area contributed by atoms with Crippen LogP contribution in [0.1, 0.15) is 258 Å². The van der Waals surface area contributed by atoms with E-state index in [0.717, 1.165) is 38.5 Å². The number of likely N-dealkylation sites (N-methyl/N-ethyl adjacent to an activating group) is 1. The molecule has 0 spiro atoms. The normalized spacial score (nSPS) is 13.4. The van der Waals surface area contributed by atoms with Gasteiger partial charge >= 0.3 is 19.8 Å². The summed E-state index contributed by atoms with van der Waals surface area (Å²) in [5, 5.41) is 0. The SMILES string of the molecule is CCCCCCCCCCCCCCCCCCCCCCCCC(=O)OCC(COP(=O)(O)OCC[N+](C)(C)C)OC(=O)CCCCCCCCCCCCCCCC. The first-order valence-corrected chi connectivity index (χ1v) is 27.3. The molecule has 0 heterocycles. The van der Waals surface area contributed by atoms with Crippen LogP contribution in [0.5, 0.6) is 0 Å². The maximum atomic E-state index is 12.7. The second kappa shape index (κ2) is 43.3. The Balaban J connectivity index is 4.15. The van der Waals surface area contributed by atoms with Crippen molar-refractivity contribution >= 4 is 19.8 Å². The second-order valence-electron chi connectivity index (χ2n) is 18.9. The highest BCUT2D eigenvalue weighted by molar-refractivity contribution is 7.47. The third-order valence-electron chi connectivity index (χ3n) is 11.6. The van der Waals surface area contributed by atoms with Crippen molar-refractivity contribution in [2.45, 2.75) is 264 Å². The minimum Gasteiger partial charge on any atom is -0.462 e. The molecule has 0 aromatic carbocycles. The van der Waals surface area contributed by atoms with Crippen LogP contribution in [0.4, 0.5) is 0 Å². The van der Waals surface area contributed by atoms with Gasteiger partial charge in [-0.05, 0) is 12.8 Å². The minimum absolute atomic E-state index is 0.0371. The molecule has 2 atom stereocenters. The van der Waals surface area contributed by atoms with Crippen LogP contribution in [0.25, 0.3) is 0 Å². The zero-order valence-electron chi connectivity index (χ0n) is 40.5. The van der Waals surface area contributed by atoms with Crippen molar-refractivity contribution in [2.75, 3.05) is 47.5 Å². The predicted octanol–water partition coefficient (Wildman–Crippen LogP) is 15.1. The molecule has 10 heteroatoms. The number of hydrogen-bond donors (Lipinski definition) is 1. The number of nitrogens with zero attached hydrogens (tertiary/aromatic N) is 1. The first-order valence-electron chi connectivity index (χ1n) is 25.8. The van der Waals surface area contributed by atoms with Gasteiger partial charge in [-0.2, -0.15) is 0 Å². The summed E-state index contributed by atoms with van der Waals surface area (Å²) in [5.41, 5.74) is 0. The van der Waals surface area contributed by atoms with E-state index in [-0.39, 0.29) is 25.6 Å². The average Bonchev–Trinajstić information content (AvgIpc) is 3.20. The summed E-state index contributed by atoms with van der Waals surface area (Å²) in [6.45, 7) is 4.48. The number of hydrogen-bond acceptors (Lipinski definition) is 7. The highest BCUT2D eigenvalue weighted by Gasteiger charge is 2.27. The van der Waals surface area contributed by atoms with Crippen LogP contribution in [0.15, 0.2) is 0 Å². The van der Waals surface area contributed by atoms with Gasteiger partial charge in [-0.3, -0.25) is 18.6 Å². The molecule has 0 aliphatic heterocycles. The molecule has 0 rings (SSSR count). The van der Waals surface area contributed by atoms with Crippen LogP contribution in [0, 0.1) is 0 Å². The van der Waals surface area contributed by atoms with Gasteiger partial charge in [0.15, 0.2) is 6.10 Å². The van der Waals surface area contributed by atoms with E-state index in [4.69, 9.17) is 18.5 Å². The molecule has 0 radical (unpaired) electrons. The Labute approximate surface area is 372 Å². The van der Waals surface area contributed by atoms with E-state index in [1.807, 2.05) is 21.1 Å². The minimum atomic E-state index is -4.37. The Hall–Kier alpha value is -0.990. The van der Waals surface area contributed by atoms with Crippen molar-refractivity contribution in [3.8, 4) is 0 Å². The lowest BCUT2D eigenvalue weighted by molar-refractivity contribution is -0.870. The molecular formula is C50H101NO8P+. The van der Waals surface area contributed by atoms with Gasteiger partial charge in [0, 0.05) is 12.8 Å². The monoisotopic (exact) mass is 875 g/mol. The number of unbranched alkanes of at least 4 members (excludes halogenated alkanes) is 34. The zero-order chi connectivity index (χ0) is 44.3. The number of quaternary nitrogens is 1. The summed E-state index contributed by atoms with van der Waals surface area (Å²) in [4.78, 5) is 35.5. The number of esters is 2. The lowest BCUT2D eigenvalue weighted by atomic mass is 10.0. The maximum absolute atomic E-state index is 12.7. The fraction of sp³-hybridized carbons (Fsp3) is 0.960. The molecule has 1 N–H and O–H groups in total. The Morgan fingerprint density at radius 1 is 0.450 bits per heavy atom. The van der Waals surface area contributed by atoms with Crippen LogP contribution in [-0.4, -0.2) is 74.9 Å². The Kier molecular flexibility index (Phi) is 42.6. The molecule has 0 aliphatic rings. The quantitative estimate of drug-likeness (QED) is 0.0279. The summed E-state index contributed by atoms with van der Waals surface area (Å²) >= 11 is 0. The summed E-state index contributed by atoms with van der Waals surface area (Å²) in [5.74, 6) is -0.778. The van der Waals surface area contributed by atoms with Crippen LogP contribution in [0.2, 0.25) is 0 Å². The molecule has 0 fully saturated rings. The summed E-state index contributed by atoms with van der Waals surface area (Å²) in [6.07, 6.45) is 45.8. The van der Waals surface area contributed by atoms with Crippen LogP contribution < -0.4 is 0 Å². The van der Waals surface area contributed by atoms with Gasteiger partial charge in [-0.1, -0.05) is 232 Å². The van der Waals surface area contributed by atoms with E-state index in [0.29, 0.717) is 17.4 Å². The van der Waals surface area contributed by atoms with Crippen molar-refractivity contribution in [1.82, 2.24) is 0 Å². The average molecular weight is 875 g/mol. The predicted molar refractivity (Wildman–Crippen MR) is 252 cm³/mol. The maximum Gasteiger partial charge on any atom is 0.472 e. The third kappa shape index (κ3) is 46.5. The van der Waals surface area contributed by atoms with Gasteiger partial charge in [0.1, 0.15) is 19.8 Å². The summed E-state index contributed by atoms with van der Waals surface area (Å²) in [7, 11) is 1.50. The van der Waals surface area contributed by atoms with E-state index in [1.165, 1.54) is 193 Å². The summed E-state index contributed by atoms with van der Waals surface area (Å²) < 4.78 is 34.4.